The van der Waals surface area contributed by atoms with Gasteiger partial charge in [-0.1, -0.05) is 23.8 Å². The van der Waals surface area contributed by atoms with Gasteiger partial charge in [0.25, 0.3) is 5.69 Å². The fourth-order valence-corrected chi connectivity index (χ4v) is 3.66. The third kappa shape index (κ3) is 2.68. The number of nitrogens with one attached hydrogen (secondary N) is 1. The Kier molecular flexibility index (Phi) is 3.81. The Bertz CT molecular complexity index is 733. The van der Waals surface area contributed by atoms with Crippen molar-refractivity contribution < 1.29 is 19.6 Å². The van der Waals surface area contributed by atoms with Crippen molar-refractivity contribution in [1.82, 2.24) is 0 Å². The number of benzene rings is 1. The van der Waals surface area contributed by atoms with Gasteiger partial charge in [0.1, 0.15) is 5.02 Å². The van der Waals surface area contributed by atoms with Crippen LogP contribution in [-0.2, 0) is 9.59 Å². The highest BCUT2D eigenvalue weighted by molar-refractivity contribution is 6.32. The average molecular weight is 337 g/mol. The number of nitro benzene ring substituents is 1. The van der Waals surface area contributed by atoms with E-state index in [2.05, 4.69) is 5.32 Å². The van der Waals surface area contributed by atoms with Crippen LogP contribution in [0.2, 0.25) is 5.02 Å². The summed E-state index contributed by atoms with van der Waals surface area (Å²) < 4.78 is 0. The lowest BCUT2D eigenvalue weighted by Crippen LogP contribution is -2.36. The van der Waals surface area contributed by atoms with E-state index in [1.54, 1.807) is 0 Å². The number of allylic oxidation sites excluding steroid dienone is 2. The summed E-state index contributed by atoms with van der Waals surface area (Å²) in [6.45, 7) is 0. The normalized spacial score (nSPS) is 27.9. The fourth-order valence-electron chi connectivity index (χ4n) is 3.47. The van der Waals surface area contributed by atoms with Gasteiger partial charge in [0, 0.05) is 11.8 Å². The highest BCUT2D eigenvalue weighted by atomic mass is 35.5. The maximum atomic E-state index is 12.5. The minimum atomic E-state index is -0.996. The molecule has 1 fully saturated rings. The SMILES string of the molecule is O=C(Nc1ccc(Cl)c([N+](=O)[O-])c1)[C@@H]1[C@H](C(=O)O)[C@H]2C=C[C@H]1C2. The summed E-state index contributed by atoms with van der Waals surface area (Å²) in [6.07, 6.45) is 4.37. The largest absolute Gasteiger partial charge is 0.481 e. The van der Waals surface area contributed by atoms with Gasteiger partial charge in [-0.3, -0.25) is 19.7 Å². The third-order valence-electron chi connectivity index (χ3n) is 4.46. The number of carbonyl (C=O) groups is 2. The van der Waals surface area contributed by atoms with Crippen LogP contribution in [0.3, 0.4) is 0 Å². The van der Waals surface area contributed by atoms with Crippen LogP contribution in [0.25, 0.3) is 0 Å². The topological polar surface area (TPSA) is 110 Å². The predicted octanol–water partition coefficient (Wildman–Crippen LogP) is 2.71. The molecule has 0 radical (unpaired) electrons. The zero-order chi connectivity index (χ0) is 16.7. The summed E-state index contributed by atoms with van der Waals surface area (Å²) in [4.78, 5) is 34.1. The number of rotatable bonds is 4. The summed E-state index contributed by atoms with van der Waals surface area (Å²) in [6, 6.07) is 3.94. The molecule has 23 heavy (non-hydrogen) atoms. The molecule has 1 aromatic carbocycles. The first-order chi connectivity index (χ1) is 10.9. The molecule has 8 heteroatoms. The maximum absolute atomic E-state index is 12.5. The molecular formula is C15H13ClN2O5. The zero-order valence-corrected chi connectivity index (χ0v) is 12.6. The Balaban J connectivity index is 1.82. The Labute approximate surface area is 136 Å². The van der Waals surface area contributed by atoms with Crippen molar-refractivity contribution in [3.05, 3.63) is 45.5 Å². The zero-order valence-electron chi connectivity index (χ0n) is 11.8. The van der Waals surface area contributed by atoms with Crippen molar-refractivity contribution in [3.8, 4) is 0 Å². The van der Waals surface area contributed by atoms with Crippen molar-refractivity contribution in [2.24, 2.45) is 23.7 Å². The van der Waals surface area contributed by atoms with Crippen molar-refractivity contribution in [1.29, 1.82) is 0 Å². The molecule has 7 nitrogen and oxygen atoms in total. The lowest BCUT2D eigenvalue weighted by atomic mass is 9.82. The van der Waals surface area contributed by atoms with Crippen molar-refractivity contribution in [2.45, 2.75) is 6.42 Å². The van der Waals surface area contributed by atoms with Gasteiger partial charge in [-0.25, -0.2) is 0 Å². The van der Waals surface area contributed by atoms with Gasteiger partial charge in [-0.2, -0.15) is 0 Å². The Morgan fingerprint density at radius 3 is 2.52 bits per heavy atom. The number of anilines is 1. The minimum absolute atomic E-state index is 0.0285. The number of amides is 1. The summed E-state index contributed by atoms with van der Waals surface area (Å²) in [5.41, 5.74) is -0.0888. The van der Waals surface area contributed by atoms with Gasteiger partial charge < -0.3 is 10.4 Å². The van der Waals surface area contributed by atoms with Crippen LogP contribution in [0, 0.1) is 33.8 Å². The molecule has 1 amide bonds. The number of nitro groups is 1. The highest BCUT2D eigenvalue weighted by Crippen LogP contribution is 2.48. The second kappa shape index (κ2) is 5.66. The highest BCUT2D eigenvalue weighted by Gasteiger charge is 2.51. The number of halogens is 1. The number of hydrogen-bond donors (Lipinski definition) is 2. The van der Waals surface area contributed by atoms with Crippen molar-refractivity contribution >= 4 is 34.9 Å². The first kappa shape index (κ1) is 15.5. The molecule has 1 aromatic rings. The predicted molar refractivity (Wildman–Crippen MR) is 82.1 cm³/mol. The molecule has 3 rings (SSSR count). The van der Waals surface area contributed by atoms with Crippen LogP contribution in [-0.4, -0.2) is 21.9 Å². The quantitative estimate of drug-likeness (QED) is 0.499. The lowest BCUT2D eigenvalue weighted by molar-refractivity contribution is -0.384. The number of hydrogen-bond acceptors (Lipinski definition) is 4. The number of carboxylic acid groups (broad SMARTS) is 1. The number of fused-ring (bicyclic) bond motifs is 2. The molecule has 0 aliphatic heterocycles. The van der Waals surface area contributed by atoms with Crippen LogP contribution < -0.4 is 5.32 Å². The minimum Gasteiger partial charge on any atom is -0.481 e. The Morgan fingerprint density at radius 1 is 1.26 bits per heavy atom. The van der Waals surface area contributed by atoms with Gasteiger partial charge in [0.2, 0.25) is 5.91 Å². The lowest BCUT2D eigenvalue weighted by Gasteiger charge is -2.23. The summed E-state index contributed by atoms with van der Waals surface area (Å²) in [5, 5.41) is 22.8. The molecule has 120 valence electrons. The van der Waals surface area contributed by atoms with E-state index in [1.807, 2.05) is 12.2 Å². The van der Waals surface area contributed by atoms with Crippen LogP contribution in [0.1, 0.15) is 6.42 Å². The van der Waals surface area contributed by atoms with E-state index in [0.29, 0.717) is 6.42 Å². The molecular weight excluding hydrogens is 324 g/mol. The molecule has 2 aliphatic carbocycles. The van der Waals surface area contributed by atoms with Crippen LogP contribution in [0.15, 0.2) is 30.4 Å². The second-order valence-electron chi connectivity index (χ2n) is 5.75. The molecule has 2 bridgehead atoms. The Morgan fingerprint density at radius 2 is 1.91 bits per heavy atom. The molecule has 4 atom stereocenters. The summed E-state index contributed by atoms with van der Waals surface area (Å²) in [7, 11) is 0. The van der Waals surface area contributed by atoms with Crippen molar-refractivity contribution in [2.75, 3.05) is 5.32 Å². The molecule has 1 saturated carbocycles. The maximum Gasteiger partial charge on any atom is 0.307 e. The van der Waals surface area contributed by atoms with Crippen molar-refractivity contribution in [3.63, 3.8) is 0 Å². The molecule has 2 aliphatic rings. The van der Waals surface area contributed by atoms with Gasteiger partial charge in [0.15, 0.2) is 0 Å². The van der Waals surface area contributed by atoms with E-state index in [4.69, 9.17) is 11.6 Å². The van der Waals surface area contributed by atoms with Gasteiger partial charge in [-0.15, -0.1) is 0 Å². The van der Waals surface area contributed by atoms with Gasteiger partial charge >= 0.3 is 5.97 Å². The summed E-state index contributed by atoms with van der Waals surface area (Å²) >= 11 is 5.73. The standard InChI is InChI=1S/C15H13ClN2O5/c16-10-4-3-9(6-11(10)18(22)23)17-14(19)12-7-1-2-8(5-7)13(12)15(20)21/h1-4,6-8,12-13H,5H2,(H,17,19)(H,20,21)/t7-,8-,12-,13+/m0/s1. The van der Waals surface area contributed by atoms with Crippen LogP contribution >= 0.6 is 11.6 Å². The summed E-state index contributed by atoms with van der Waals surface area (Å²) in [5.74, 6) is -3.10. The van der Waals surface area contributed by atoms with E-state index in [-0.39, 0.29) is 28.2 Å². The molecule has 2 N–H and O–H groups in total. The van der Waals surface area contributed by atoms with Crippen LogP contribution in [0.4, 0.5) is 11.4 Å². The first-order valence-corrected chi connectivity index (χ1v) is 7.42. The molecule has 0 spiro atoms. The third-order valence-corrected chi connectivity index (χ3v) is 4.78. The molecule has 0 saturated heterocycles. The average Bonchev–Trinajstić information content (AvgIpc) is 3.09. The Hall–Kier alpha value is -2.41. The molecule has 0 heterocycles. The number of nitrogens with zero attached hydrogens (tertiary/aromatic N) is 1. The van der Waals surface area contributed by atoms with E-state index >= 15 is 0 Å². The second-order valence-corrected chi connectivity index (χ2v) is 6.16. The molecule has 0 aromatic heterocycles. The number of carboxylic acids is 1. The van der Waals surface area contributed by atoms with Gasteiger partial charge in [-0.05, 0) is 30.4 Å². The van der Waals surface area contributed by atoms with Crippen LogP contribution in [0.5, 0.6) is 0 Å². The van der Waals surface area contributed by atoms with Gasteiger partial charge in [0.05, 0.1) is 16.8 Å². The molecule has 0 unspecified atom stereocenters. The monoisotopic (exact) mass is 336 g/mol. The first-order valence-electron chi connectivity index (χ1n) is 7.04. The fraction of sp³-hybridized carbons (Fsp3) is 0.333. The number of carbonyl (C=O) groups excluding carboxylic acids is 1. The van der Waals surface area contributed by atoms with E-state index in [9.17, 15) is 24.8 Å². The smallest absolute Gasteiger partial charge is 0.307 e. The number of aliphatic carboxylic acids is 1. The van der Waals surface area contributed by atoms with E-state index < -0.39 is 28.6 Å². The van der Waals surface area contributed by atoms with E-state index in [0.717, 1.165) is 0 Å². The van der Waals surface area contributed by atoms with E-state index in [1.165, 1.54) is 18.2 Å².